The normalized spacial score (nSPS) is 15.8. The van der Waals surface area contributed by atoms with Crippen LogP contribution in [0.25, 0.3) is 0 Å². The quantitative estimate of drug-likeness (QED) is 0.511. The van der Waals surface area contributed by atoms with Gasteiger partial charge in [0.1, 0.15) is 0 Å². The standard InChI is InChI=1S/C22H25NO5S/c1-3-17-6-8-18(9-7-17)21(24)16(2)28-22(25)19-10-12-20(13-11-19)29(26,27)23-14-4-5-15-23/h6-13,16H,3-5,14-15H2,1-2H3/t16-/m0/s1. The van der Waals surface area contributed by atoms with Gasteiger partial charge in [-0.15, -0.1) is 0 Å². The highest BCUT2D eigenvalue weighted by molar-refractivity contribution is 7.89. The third-order valence-electron chi connectivity index (χ3n) is 5.09. The molecule has 1 saturated heterocycles. The van der Waals surface area contributed by atoms with E-state index in [1.165, 1.54) is 35.5 Å². The lowest BCUT2D eigenvalue weighted by molar-refractivity contribution is 0.0318. The van der Waals surface area contributed by atoms with Crippen LogP contribution >= 0.6 is 0 Å². The van der Waals surface area contributed by atoms with Crippen molar-refractivity contribution in [1.82, 2.24) is 4.31 Å². The van der Waals surface area contributed by atoms with Crippen molar-refractivity contribution < 1.29 is 22.7 Å². The average molecular weight is 416 g/mol. The van der Waals surface area contributed by atoms with Crippen molar-refractivity contribution in [2.45, 2.75) is 44.1 Å². The van der Waals surface area contributed by atoms with Crippen LogP contribution in [0.4, 0.5) is 0 Å². The number of Topliss-reactive ketones (excluding diaryl/α,β-unsaturated/α-hetero) is 1. The van der Waals surface area contributed by atoms with Gasteiger partial charge >= 0.3 is 5.97 Å². The van der Waals surface area contributed by atoms with Crippen LogP contribution < -0.4 is 0 Å². The van der Waals surface area contributed by atoms with Crippen LogP contribution in [0.15, 0.2) is 53.4 Å². The Morgan fingerprint density at radius 2 is 1.52 bits per heavy atom. The van der Waals surface area contributed by atoms with E-state index in [2.05, 4.69) is 0 Å². The highest BCUT2D eigenvalue weighted by atomic mass is 32.2. The van der Waals surface area contributed by atoms with Gasteiger partial charge in [-0.05, 0) is 56.0 Å². The summed E-state index contributed by atoms with van der Waals surface area (Å²) in [4.78, 5) is 25.0. The van der Waals surface area contributed by atoms with Crippen molar-refractivity contribution in [1.29, 1.82) is 0 Å². The number of aryl methyl sites for hydroxylation is 1. The molecule has 154 valence electrons. The van der Waals surface area contributed by atoms with Gasteiger partial charge in [0.2, 0.25) is 15.8 Å². The number of rotatable bonds is 7. The number of nitrogens with zero attached hydrogens (tertiary/aromatic N) is 1. The van der Waals surface area contributed by atoms with Crippen molar-refractivity contribution in [2.75, 3.05) is 13.1 Å². The molecule has 1 fully saturated rings. The lowest BCUT2D eigenvalue weighted by atomic mass is 10.0. The predicted molar refractivity (Wildman–Crippen MR) is 109 cm³/mol. The van der Waals surface area contributed by atoms with E-state index in [0.29, 0.717) is 18.7 Å². The van der Waals surface area contributed by atoms with E-state index in [9.17, 15) is 18.0 Å². The second kappa shape index (κ2) is 8.88. The topological polar surface area (TPSA) is 80.8 Å². The van der Waals surface area contributed by atoms with E-state index < -0.39 is 22.1 Å². The van der Waals surface area contributed by atoms with Gasteiger partial charge in [-0.3, -0.25) is 4.79 Å². The molecule has 0 bridgehead atoms. The Hall–Kier alpha value is -2.51. The van der Waals surface area contributed by atoms with Crippen LogP contribution in [-0.4, -0.2) is 43.7 Å². The molecule has 1 heterocycles. The van der Waals surface area contributed by atoms with Gasteiger partial charge in [0.25, 0.3) is 0 Å². The minimum atomic E-state index is -3.53. The lowest BCUT2D eigenvalue weighted by Gasteiger charge is -2.16. The van der Waals surface area contributed by atoms with Crippen LogP contribution in [0, 0.1) is 0 Å². The monoisotopic (exact) mass is 415 g/mol. The zero-order chi connectivity index (χ0) is 21.0. The van der Waals surface area contributed by atoms with Crippen LogP contribution in [-0.2, 0) is 21.2 Å². The second-order valence-electron chi connectivity index (χ2n) is 7.10. The fraction of sp³-hybridized carbons (Fsp3) is 0.364. The molecule has 2 aromatic carbocycles. The van der Waals surface area contributed by atoms with Crippen molar-refractivity contribution in [3.63, 3.8) is 0 Å². The summed E-state index contributed by atoms with van der Waals surface area (Å²) in [7, 11) is -3.53. The van der Waals surface area contributed by atoms with Gasteiger partial charge in [-0.1, -0.05) is 31.2 Å². The van der Waals surface area contributed by atoms with E-state index in [1.807, 2.05) is 19.1 Å². The molecule has 0 aliphatic carbocycles. The molecular weight excluding hydrogens is 390 g/mol. The van der Waals surface area contributed by atoms with Gasteiger partial charge in [0.05, 0.1) is 10.5 Å². The van der Waals surface area contributed by atoms with Crippen molar-refractivity contribution in [2.24, 2.45) is 0 Å². The number of sulfonamides is 1. The molecule has 0 aromatic heterocycles. The Morgan fingerprint density at radius 1 is 0.966 bits per heavy atom. The Labute approximate surface area is 171 Å². The first-order valence-electron chi connectivity index (χ1n) is 9.77. The average Bonchev–Trinajstić information content (AvgIpc) is 3.29. The van der Waals surface area contributed by atoms with Crippen molar-refractivity contribution >= 4 is 21.8 Å². The largest absolute Gasteiger partial charge is 0.451 e. The van der Waals surface area contributed by atoms with E-state index in [4.69, 9.17) is 4.74 Å². The van der Waals surface area contributed by atoms with Gasteiger partial charge in [0.15, 0.2) is 6.10 Å². The molecule has 0 unspecified atom stereocenters. The number of hydrogen-bond acceptors (Lipinski definition) is 5. The zero-order valence-corrected chi connectivity index (χ0v) is 17.4. The number of esters is 1. The van der Waals surface area contributed by atoms with Crippen LogP contribution in [0.5, 0.6) is 0 Å². The molecule has 0 N–H and O–H groups in total. The summed E-state index contributed by atoms with van der Waals surface area (Å²) in [5.41, 5.74) is 1.80. The van der Waals surface area contributed by atoms with Crippen LogP contribution in [0.1, 0.15) is 53.0 Å². The summed E-state index contributed by atoms with van der Waals surface area (Å²) in [5, 5.41) is 0. The summed E-state index contributed by atoms with van der Waals surface area (Å²) in [5.74, 6) is -0.949. The first-order chi connectivity index (χ1) is 13.8. The molecular formula is C22H25NO5S. The fourth-order valence-corrected chi connectivity index (χ4v) is 4.78. The van der Waals surface area contributed by atoms with Crippen LogP contribution in [0.2, 0.25) is 0 Å². The second-order valence-corrected chi connectivity index (χ2v) is 9.04. The third kappa shape index (κ3) is 4.74. The smallest absolute Gasteiger partial charge is 0.338 e. The number of ketones is 1. The molecule has 1 atom stereocenters. The molecule has 6 nitrogen and oxygen atoms in total. The molecule has 1 aliphatic rings. The molecule has 0 amide bonds. The van der Waals surface area contributed by atoms with E-state index in [-0.39, 0.29) is 16.2 Å². The molecule has 2 aromatic rings. The number of benzene rings is 2. The highest BCUT2D eigenvalue weighted by Crippen LogP contribution is 2.21. The van der Waals surface area contributed by atoms with Crippen LogP contribution in [0.3, 0.4) is 0 Å². The van der Waals surface area contributed by atoms with Gasteiger partial charge in [0, 0.05) is 18.7 Å². The molecule has 29 heavy (non-hydrogen) atoms. The van der Waals surface area contributed by atoms with Crippen molar-refractivity contribution in [3.8, 4) is 0 Å². The maximum atomic E-state index is 12.6. The Morgan fingerprint density at radius 3 is 2.07 bits per heavy atom. The van der Waals surface area contributed by atoms with E-state index >= 15 is 0 Å². The summed E-state index contributed by atoms with van der Waals surface area (Å²) in [6.45, 7) is 4.60. The van der Waals surface area contributed by atoms with Crippen molar-refractivity contribution in [3.05, 3.63) is 65.2 Å². The first kappa shape index (κ1) is 21.2. The number of ether oxygens (including phenoxy) is 1. The molecule has 3 rings (SSSR count). The Bertz CT molecular complexity index is 975. The number of hydrogen-bond donors (Lipinski definition) is 0. The minimum absolute atomic E-state index is 0.149. The lowest BCUT2D eigenvalue weighted by Crippen LogP contribution is -2.28. The molecule has 0 radical (unpaired) electrons. The fourth-order valence-electron chi connectivity index (χ4n) is 3.26. The third-order valence-corrected chi connectivity index (χ3v) is 7.01. The summed E-state index contributed by atoms with van der Waals surface area (Å²) < 4.78 is 31.8. The van der Waals surface area contributed by atoms with E-state index in [1.54, 1.807) is 12.1 Å². The van der Waals surface area contributed by atoms with Gasteiger partial charge in [-0.2, -0.15) is 4.31 Å². The Balaban J connectivity index is 1.66. The molecule has 0 saturated carbocycles. The van der Waals surface area contributed by atoms with E-state index in [0.717, 1.165) is 24.8 Å². The molecule has 1 aliphatic heterocycles. The van der Waals surface area contributed by atoms with Gasteiger partial charge < -0.3 is 4.74 Å². The predicted octanol–water partition coefficient (Wildman–Crippen LogP) is 3.46. The summed E-state index contributed by atoms with van der Waals surface area (Å²) in [6.07, 6.45) is 1.65. The minimum Gasteiger partial charge on any atom is -0.451 e. The summed E-state index contributed by atoms with van der Waals surface area (Å²) >= 11 is 0. The first-order valence-corrected chi connectivity index (χ1v) is 11.2. The maximum absolute atomic E-state index is 12.6. The summed E-state index contributed by atoms with van der Waals surface area (Å²) in [6, 6.07) is 12.8. The Kier molecular flexibility index (Phi) is 6.49. The van der Waals surface area contributed by atoms with Gasteiger partial charge in [-0.25, -0.2) is 13.2 Å². The maximum Gasteiger partial charge on any atom is 0.338 e. The zero-order valence-electron chi connectivity index (χ0n) is 16.6. The SMILES string of the molecule is CCc1ccc(C(=O)[C@H](C)OC(=O)c2ccc(S(=O)(=O)N3CCCC3)cc2)cc1. The molecule has 0 spiro atoms. The molecule has 7 heteroatoms. The highest BCUT2D eigenvalue weighted by Gasteiger charge is 2.27. The number of carbonyl (C=O) groups is 2. The number of carbonyl (C=O) groups excluding carboxylic acids is 2.